The van der Waals surface area contributed by atoms with Crippen LogP contribution in [0.25, 0.3) is 10.2 Å². The van der Waals surface area contributed by atoms with E-state index in [9.17, 15) is 0 Å². The molecule has 0 amide bonds. The van der Waals surface area contributed by atoms with E-state index in [4.69, 9.17) is 17.3 Å². The summed E-state index contributed by atoms with van der Waals surface area (Å²) in [5, 5.41) is 6.14. The summed E-state index contributed by atoms with van der Waals surface area (Å²) in [6.07, 6.45) is 3.52. The lowest BCUT2D eigenvalue weighted by Crippen LogP contribution is -2.21. The average molecular weight is 364 g/mol. The van der Waals surface area contributed by atoms with Crippen molar-refractivity contribution in [3.63, 3.8) is 0 Å². The van der Waals surface area contributed by atoms with Gasteiger partial charge in [-0.25, -0.2) is 4.98 Å². The van der Waals surface area contributed by atoms with Crippen LogP contribution in [0, 0.1) is 0 Å². The predicted molar refractivity (Wildman–Crippen MR) is 101 cm³/mol. The minimum Gasteiger partial charge on any atom is -0.379 e. The molecule has 3 heterocycles. The molecule has 2 atom stereocenters. The van der Waals surface area contributed by atoms with Gasteiger partial charge in [-0.1, -0.05) is 24.1 Å². The zero-order valence-electron chi connectivity index (χ0n) is 12.6. The van der Waals surface area contributed by atoms with Crippen molar-refractivity contribution in [1.29, 1.82) is 0 Å². The molecule has 0 saturated heterocycles. The van der Waals surface area contributed by atoms with Crippen LogP contribution in [-0.2, 0) is 6.54 Å². The lowest BCUT2D eigenvalue weighted by Gasteiger charge is -2.12. The number of halogens is 1. The van der Waals surface area contributed by atoms with Crippen molar-refractivity contribution < 1.29 is 0 Å². The highest BCUT2D eigenvalue weighted by Crippen LogP contribution is 2.41. The fraction of sp³-hybridized carbons (Fsp3) is 0.353. The Morgan fingerprint density at radius 1 is 1.35 bits per heavy atom. The molecular weight excluding hydrogens is 346 g/mol. The Morgan fingerprint density at radius 2 is 2.26 bits per heavy atom. The van der Waals surface area contributed by atoms with Gasteiger partial charge in [0, 0.05) is 34.3 Å². The molecule has 1 fully saturated rings. The van der Waals surface area contributed by atoms with E-state index in [1.165, 1.54) is 27.3 Å². The number of nitrogens with one attached hydrogen (secondary N) is 1. The highest BCUT2D eigenvalue weighted by Gasteiger charge is 2.27. The lowest BCUT2D eigenvalue weighted by molar-refractivity contribution is 0.622. The first-order chi connectivity index (χ1) is 11.2. The van der Waals surface area contributed by atoms with E-state index < -0.39 is 0 Å². The summed E-state index contributed by atoms with van der Waals surface area (Å²) in [4.78, 5) is 7.15. The summed E-state index contributed by atoms with van der Waals surface area (Å²) in [5.41, 5.74) is 8.31. The molecule has 0 bridgehead atoms. The van der Waals surface area contributed by atoms with Gasteiger partial charge in [-0.2, -0.15) is 0 Å². The quantitative estimate of drug-likeness (QED) is 0.625. The Bertz CT molecular complexity index is 813. The summed E-state index contributed by atoms with van der Waals surface area (Å²) < 4.78 is 1.18. The second-order valence-corrected chi connectivity index (χ2v) is 8.49. The number of rotatable bonds is 4. The molecule has 3 aromatic rings. The van der Waals surface area contributed by atoms with Crippen molar-refractivity contribution in [2.75, 3.05) is 5.32 Å². The molecule has 0 radical (unpaired) electrons. The fourth-order valence-corrected chi connectivity index (χ4v) is 5.40. The molecule has 3 N–H and O–H groups in total. The third-order valence-corrected chi connectivity index (χ3v) is 6.79. The van der Waals surface area contributed by atoms with Crippen LogP contribution in [0.4, 0.5) is 5.69 Å². The predicted octanol–water partition coefficient (Wildman–Crippen LogP) is 5.22. The number of nitrogens with two attached hydrogens (primary N) is 1. The van der Waals surface area contributed by atoms with Crippen molar-refractivity contribution >= 4 is 50.2 Å². The summed E-state index contributed by atoms with van der Waals surface area (Å²) in [5.74, 6) is 0.470. The first kappa shape index (κ1) is 15.4. The van der Waals surface area contributed by atoms with Crippen LogP contribution in [0.5, 0.6) is 0 Å². The van der Waals surface area contributed by atoms with Gasteiger partial charge < -0.3 is 11.1 Å². The molecule has 6 heteroatoms. The zero-order valence-corrected chi connectivity index (χ0v) is 15.0. The van der Waals surface area contributed by atoms with E-state index >= 15 is 0 Å². The van der Waals surface area contributed by atoms with Crippen molar-refractivity contribution in [2.45, 2.75) is 37.8 Å². The molecule has 4 rings (SSSR count). The summed E-state index contributed by atoms with van der Waals surface area (Å²) in [6, 6.07) is 8.59. The van der Waals surface area contributed by atoms with Crippen LogP contribution >= 0.6 is 34.3 Å². The SMILES string of the molecule is N[C@@H]1CCC[C@H]1c1cc2nc(Cl)cc(NCc3cccs3)c2s1. The second kappa shape index (κ2) is 6.40. The van der Waals surface area contributed by atoms with Crippen molar-refractivity contribution in [1.82, 2.24) is 4.98 Å². The Balaban J connectivity index is 1.67. The average Bonchev–Trinajstić information content (AvgIpc) is 3.23. The van der Waals surface area contributed by atoms with Crippen molar-refractivity contribution in [2.24, 2.45) is 5.73 Å². The molecule has 3 aromatic heterocycles. The maximum Gasteiger partial charge on any atom is 0.131 e. The molecule has 120 valence electrons. The summed E-state index contributed by atoms with van der Waals surface area (Å²) in [6.45, 7) is 0.809. The Morgan fingerprint density at radius 3 is 3.00 bits per heavy atom. The van der Waals surface area contributed by atoms with Crippen molar-refractivity contribution in [3.05, 3.63) is 44.6 Å². The van der Waals surface area contributed by atoms with Gasteiger partial charge in [0.2, 0.25) is 0 Å². The summed E-state index contributed by atoms with van der Waals surface area (Å²) in [7, 11) is 0. The van der Waals surface area contributed by atoms with Gasteiger partial charge in [0.05, 0.1) is 15.9 Å². The van der Waals surface area contributed by atoms with E-state index in [2.05, 4.69) is 33.9 Å². The molecule has 0 spiro atoms. The fourth-order valence-electron chi connectivity index (χ4n) is 3.26. The normalized spacial score (nSPS) is 21.1. The molecule has 3 nitrogen and oxygen atoms in total. The highest BCUT2D eigenvalue weighted by atomic mass is 35.5. The number of hydrogen-bond donors (Lipinski definition) is 2. The maximum absolute atomic E-state index is 6.27. The van der Waals surface area contributed by atoms with Crippen LogP contribution in [0.15, 0.2) is 29.6 Å². The Kier molecular flexibility index (Phi) is 4.28. The molecule has 1 aliphatic carbocycles. The molecule has 0 aliphatic heterocycles. The number of anilines is 1. The number of nitrogens with zero attached hydrogens (tertiary/aromatic N) is 1. The number of fused-ring (bicyclic) bond motifs is 1. The van der Waals surface area contributed by atoms with E-state index in [1.807, 2.05) is 17.4 Å². The number of pyridine rings is 1. The minimum atomic E-state index is 0.279. The van der Waals surface area contributed by atoms with Crippen LogP contribution in [0.3, 0.4) is 0 Å². The van der Waals surface area contributed by atoms with E-state index in [0.29, 0.717) is 11.1 Å². The topological polar surface area (TPSA) is 50.9 Å². The first-order valence-electron chi connectivity index (χ1n) is 7.82. The Labute approximate surface area is 148 Å². The smallest absolute Gasteiger partial charge is 0.131 e. The third kappa shape index (κ3) is 3.11. The van der Waals surface area contributed by atoms with Gasteiger partial charge >= 0.3 is 0 Å². The van der Waals surface area contributed by atoms with Crippen molar-refractivity contribution in [3.8, 4) is 0 Å². The lowest BCUT2D eigenvalue weighted by atomic mass is 10.0. The molecule has 0 unspecified atom stereocenters. The molecule has 1 aliphatic rings. The monoisotopic (exact) mass is 363 g/mol. The second-order valence-electron chi connectivity index (χ2n) is 5.99. The van der Waals surface area contributed by atoms with Gasteiger partial charge in [0.25, 0.3) is 0 Å². The molecule has 23 heavy (non-hydrogen) atoms. The number of thiophene rings is 2. The van der Waals surface area contributed by atoms with E-state index in [-0.39, 0.29) is 6.04 Å². The van der Waals surface area contributed by atoms with Gasteiger partial charge in [-0.05, 0) is 30.4 Å². The third-order valence-electron chi connectivity index (χ3n) is 4.43. The molecule has 1 saturated carbocycles. The van der Waals surface area contributed by atoms with Crippen LogP contribution in [0.1, 0.15) is 34.9 Å². The van der Waals surface area contributed by atoms with Gasteiger partial charge in [0.1, 0.15) is 5.15 Å². The number of aromatic nitrogens is 1. The maximum atomic E-state index is 6.27. The van der Waals surface area contributed by atoms with Crippen LogP contribution in [-0.4, -0.2) is 11.0 Å². The van der Waals surface area contributed by atoms with Crippen LogP contribution in [0.2, 0.25) is 5.15 Å². The van der Waals surface area contributed by atoms with Gasteiger partial charge in [-0.15, -0.1) is 22.7 Å². The van der Waals surface area contributed by atoms with Gasteiger partial charge in [0.15, 0.2) is 0 Å². The minimum absolute atomic E-state index is 0.279. The largest absolute Gasteiger partial charge is 0.379 e. The van der Waals surface area contributed by atoms with Gasteiger partial charge in [-0.3, -0.25) is 0 Å². The molecule has 0 aromatic carbocycles. The summed E-state index contributed by atoms with van der Waals surface area (Å²) >= 11 is 9.78. The Hall–Kier alpha value is -1.14. The van der Waals surface area contributed by atoms with Crippen LogP contribution < -0.4 is 11.1 Å². The highest BCUT2D eigenvalue weighted by molar-refractivity contribution is 7.19. The molecular formula is C17H18ClN3S2. The standard InChI is InChI=1S/C17H18ClN3S2/c18-16-8-13(20-9-10-3-2-6-22-10)17-14(21-16)7-15(23-17)11-4-1-5-12(11)19/h2-3,6-8,11-12H,1,4-5,9,19H2,(H,20,21)/t11-,12-/m1/s1. The zero-order chi connectivity index (χ0) is 15.8. The van der Waals surface area contributed by atoms with E-state index in [0.717, 1.165) is 24.2 Å². The first-order valence-corrected chi connectivity index (χ1v) is 9.90. The number of hydrogen-bond acceptors (Lipinski definition) is 5. The van der Waals surface area contributed by atoms with E-state index in [1.54, 1.807) is 11.3 Å².